The van der Waals surface area contributed by atoms with E-state index in [1.165, 1.54) is 54.9 Å². The molecule has 0 aliphatic carbocycles. The smallest absolute Gasteiger partial charge is 0.138 e. The summed E-state index contributed by atoms with van der Waals surface area (Å²) in [6.45, 7) is 0. The number of rotatable bonds is 6. The van der Waals surface area contributed by atoms with E-state index in [9.17, 15) is 0 Å². The van der Waals surface area contributed by atoms with Gasteiger partial charge in [-0.15, -0.1) is 0 Å². The average Bonchev–Trinajstić information content (AvgIpc) is 3.12. The standard InChI is InChI=1S/C42H29N3/c1-2-12-30(13-3-1)31-20-22-32(23-21-31)41-35-14-4-6-16-37(35)42(38-17-7-5-15-36(38)41)33-24-26-34(27-25-33)45(39-18-8-10-28-43-39)40-19-9-11-29-44-40/h1-29H. The first-order valence-electron chi connectivity index (χ1n) is 15.2. The number of fused-ring (bicyclic) bond motifs is 2. The van der Waals surface area contributed by atoms with Crippen LogP contribution in [0.25, 0.3) is 54.9 Å². The Bertz CT molecular complexity index is 2130. The van der Waals surface area contributed by atoms with Gasteiger partial charge in [-0.1, -0.05) is 127 Å². The van der Waals surface area contributed by atoms with Crippen LogP contribution in [0, 0.1) is 0 Å². The summed E-state index contributed by atoms with van der Waals surface area (Å²) < 4.78 is 0. The molecule has 0 bridgehead atoms. The molecule has 6 aromatic carbocycles. The van der Waals surface area contributed by atoms with Gasteiger partial charge in [0, 0.05) is 18.1 Å². The minimum Gasteiger partial charge on any atom is -0.279 e. The van der Waals surface area contributed by atoms with E-state index in [-0.39, 0.29) is 0 Å². The second-order valence-electron chi connectivity index (χ2n) is 11.0. The van der Waals surface area contributed by atoms with Gasteiger partial charge in [0.25, 0.3) is 0 Å². The predicted octanol–water partition coefficient (Wildman–Crippen LogP) is 11.3. The van der Waals surface area contributed by atoms with E-state index in [1.54, 1.807) is 0 Å². The summed E-state index contributed by atoms with van der Waals surface area (Å²) in [5.74, 6) is 1.64. The van der Waals surface area contributed by atoms with Crippen LogP contribution in [0.3, 0.4) is 0 Å². The molecule has 8 aromatic rings. The van der Waals surface area contributed by atoms with E-state index in [0.717, 1.165) is 17.3 Å². The molecule has 3 heteroatoms. The zero-order chi connectivity index (χ0) is 30.0. The number of benzene rings is 6. The zero-order valence-electron chi connectivity index (χ0n) is 24.6. The number of aromatic nitrogens is 2. The van der Waals surface area contributed by atoms with Crippen LogP contribution < -0.4 is 4.90 Å². The van der Waals surface area contributed by atoms with E-state index in [4.69, 9.17) is 0 Å². The van der Waals surface area contributed by atoms with Gasteiger partial charge in [-0.3, -0.25) is 4.90 Å². The summed E-state index contributed by atoms with van der Waals surface area (Å²) in [5, 5.41) is 4.95. The van der Waals surface area contributed by atoms with Gasteiger partial charge >= 0.3 is 0 Å². The van der Waals surface area contributed by atoms with Crippen LogP contribution in [0.5, 0.6) is 0 Å². The highest BCUT2D eigenvalue weighted by atomic mass is 15.2. The molecule has 0 saturated heterocycles. The van der Waals surface area contributed by atoms with Crippen molar-refractivity contribution in [2.24, 2.45) is 0 Å². The Labute approximate surface area is 262 Å². The van der Waals surface area contributed by atoms with Crippen LogP contribution in [0.1, 0.15) is 0 Å². The fraction of sp³-hybridized carbons (Fsp3) is 0. The Hall–Kier alpha value is -6.06. The van der Waals surface area contributed by atoms with Crippen molar-refractivity contribution in [2.45, 2.75) is 0 Å². The fourth-order valence-corrected chi connectivity index (χ4v) is 6.34. The Kier molecular flexibility index (Phi) is 6.82. The first-order valence-corrected chi connectivity index (χ1v) is 15.2. The number of hydrogen-bond donors (Lipinski definition) is 0. The maximum absolute atomic E-state index is 4.64. The monoisotopic (exact) mass is 575 g/mol. The molecule has 8 rings (SSSR count). The first kappa shape index (κ1) is 26.6. The van der Waals surface area contributed by atoms with Crippen molar-refractivity contribution >= 4 is 38.9 Å². The quantitative estimate of drug-likeness (QED) is 0.185. The SMILES string of the molecule is c1ccc(-c2ccc(-c3c4ccccc4c(-c4ccc(N(c5ccccn5)c5ccccn5)cc4)c4ccccc34)cc2)cc1. The molecule has 2 heterocycles. The summed E-state index contributed by atoms with van der Waals surface area (Å²) in [7, 11) is 0. The molecule has 0 aliphatic heterocycles. The summed E-state index contributed by atoms with van der Waals surface area (Å²) in [6.07, 6.45) is 3.63. The Morgan fingerprint density at radius 3 is 1.13 bits per heavy atom. The van der Waals surface area contributed by atoms with Gasteiger partial charge in [0.2, 0.25) is 0 Å². The van der Waals surface area contributed by atoms with E-state index in [0.29, 0.717) is 0 Å². The van der Waals surface area contributed by atoms with Gasteiger partial charge in [-0.25, -0.2) is 9.97 Å². The number of nitrogens with zero attached hydrogens (tertiary/aromatic N) is 3. The zero-order valence-corrected chi connectivity index (χ0v) is 24.6. The van der Waals surface area contributed by atoms with Crippen molar-refractivity contribution in [1.29, 1.82) is 0 Å². The molecule has 0 fully saturated rings. The van der Waals surface area contributed by atoms with Crippen LogP contribution in [0.2, 0.25) is 0 Å². The van der Waals surface area contributed by atoms with Crippen LogP contribution in [0.15, 0.2) is 176 Å². The fourth-order valence-electron chi connectivity index (χ4n) is 6.34. The number of hydrogen-bond acceptors (Lipinski definition) is 3. The third-order valence-corrected chi connectivity index (χ3v) is 8.38. The molecular formula is C42H29N3. The molecule has 0 N–H and O–H groups in total. The maximum Gasteiger partial charge on any atom is 0.138 e. The molecule has 2 aromatic heterocycles. The minimum atomic E-state index is 0.822. The van der Waals surface area contributed by atoms with E-state index >= 15 is 0 Å². The molecule has 45 heavy (non-hydrogen) atoms. The molecule has 0 saturated carbocycles. The summed E-state index contributed by atoms with van der Waals surface area (Å²) >= 11 is 0. The molecule has 0 radical (unpaired) electrons. The summed E-state index contributed by atoms with van der Waals surface area (Å²) in [6, 6.07) is 57.8. The molecule has 0 atom stereocenters. The van der Waals surface area contributed by atoms with Gasteiger partial charge in [0.05, 0.1) is 0 Å². The lowest BCUT2D eigenvalue weighted by molar-refractivity contribution is 1.13. The van der Waals surface area contributed by atoms with Crippen molar-refractivity contribution in [3.63, 3.8) is 0 Å². The van der Waals surface area contributed by atoms with Crippen molar-refractivity contribution in [3.05, 3.63) is 176 Å². The largest absolute Gasteiger partial charge is 0.279 e. The van der Waals surface area contributed by atoms with Crippen LogP contribution in [-0.2, 0) is 0 Å². The Balaban J connectivity index is 1.28. The van der Waals surface area contributed by atoms with Crippen molar-refractivity contribution in [3.8, 4) is 33.4 Å². The lowest BCUT2D eigenvalue weighted by Crippen LogP contribution is -2.12. The van der Waals surface area contributed by atoms with E-state index < -0.39 is 0 Å². The van der Waals surface area contributed by atoms with Crippen molar-refractivity contribution < 1.29 is 0 Å². The second kappa shape index (κ2) is 11.6. The molecule has 3 nitrogen and oxygen atoms in total. The highest BCUT2D eigenvalue weighted by molar-refractivity contribution is 6.21. The molecule has 0 aliphatic rings. The number of anilines is 3. The van der Waals surface area contributed by atoms with Crippen LogP contribution >= 0.6 is 0 Å². The summed E-state index contributed by atoms with van der Waals surface area (Å²) in [5.41, 5.74) is 8.32. The summed E-state index contributed by atoms with van der Waals surface area (Å²) in [4.78, 5) is 11.4. The highest BCUT2D eigenvalue weighted by Gasteiger charge is 2.18. The maximum atomic E-state index is 4.64. The van der Waals surface area contributed by atoms with Crippen molar-refractivity contribution in [2.75, 3.05) is 4.90 Å². The van der Waals surface area contributed by atoms with Gasteiger partial charge in [0.1, 0.15) is 11.6 Å². The van der Waals surface area contributed by atoms with Gasteiger partial charge in [-0.2, -0.15) is 0 Å². The molecular weight excluding hydrogens is 546 g/mol. The molecule has 212 valence electrons. The lowest BCUT2D eigenvalue weighted by atomic mass is 9.85. The van der Waals surface area contributed by atoms with Gasteiger partial charge in [0.15, 0.2) is 0 Å². The molecule has 0 unspecified atom stereocenters. The highest BCUT2D eigenvalue weighted by Crippen LogP contribution is 2.44. The van der Waals surface area contributed by atoms with Crippen molar-refractivity contribution in [1.82, 2.24) is 9.97 Å². The van der Waals surface area contributed by atoms with Crippen LogP contribution in [-0.4, -0.2) is 9.97 Å². The van der Waals surface area contributed by atoms with E-state index in [1.807, 2.05) is 48.8 Å². The average molecular weight is 576 g/mol. The number of pyridine rings is 2. The molecule has 0 spiro atoms. The lowest BCUT2D eigenvalue weighted by Gasteiger charge is -2.23. The van der Waals surface area contributed by atoms with Gasteiger partial charge in [-0.05, 0) is 91.3 Å². The normalized spacial score (nSPS) is 11.1. The Morgan fingerprint density at radius 2 is 0.689 bits per heavy atom. The topological polar surface area (TPSA) is 29.0 Å². The minimum absolute atomic E-state index is 0.822. The third kappa shape index (κ3) is 4.91. The van der Waals surface area contributed by atoms with Gasteiger partial charge < -0.3 is 0 Å². The second-order valence-corrected chi connectivity index (χ2v) is 11.0. The predicted molar refractivity (Wildman–Crippen MR) is 188 cm³/mol. The van der Waals surface area contributed by atoms with E-state index in [2.05, 4.69) is 142 Å². The third-order valence-electron chi connectivity index (χ3n) is 8.38. The molecule has 0 amide bonds. The first-order chi connectivity index (χ1) is 22.3. The Morgan fingerprint density at radius 1 is 0.311 bits per heavy atom. The van der Waals surface area contributed by atoms with Crippen LogP contribution in [0.4, 0.5) is 17.3 Å².